The number of rotatable bonds is 6. The molecule has 0 aliphatic rings. The molecule has 2 rings (SSSR count). The summed E-state index contributed by atoms with van der Waals surface area (Å²) in [5, 5.41) is 5.84. The Morgan fingerprint density at radius 2 is 2.05 bits per heavy atom. The molecule has 1 aromatic carbocycles. The molecule has 0 spiro atoms. The summed E-state index contributed by atoms with van der Waals surface area (Å²) in [4.78, 5) is 1.33. The Kier molecular flexibility index (Phi) is 5.58. The standard InChI is InChI=1S/C16H19ClFNS/c1-3-11-8-9-20-16(11)14(19-4-2)10-12-6-5-7-13(18)15(12)17/h5-9,14,19H,3-4,10H2,1-2H3. The van der Waals surface area contributed by atoms with Gasteiger partial charge in [-0.05, 0) is 48.0 Å². The zero-order valence-corrected chi connectivity index (χ0v) is 13.3. The van der Waals surface area contributed by atoms with Crippen LogP contribution in [-0.4, -0.2) is 6.54 Å². The lowest BCUT2D eigenvalue weighted by molar-refractivity contribution is 0.551. The van der Waals surface area contributed by atoms with Gasteiger partial charge in [-0.25, -0.2) is 4.39 Å². The van der Waals surface area contributed by atoms with E-state index in [0.29, 0.717) is 6.42 Å². The summed E-state index contributed by atoms with van der Waals surface area (Å²) in [7, 11) is 0. The van der Waals surface area contributed by atoms with E-state index in [-0.39, 0.29) is 16.9 Å². The molecule has 1 heterocycles. The normalized spacial score (nSPS) is 12.6. The highest BCUT2D eigenvalue weighted by molar-refractivity contribution is 7.10. The Labute approximate surface area is 128 Å². The molecule has 1 aromatic heterocycles. The maximum absolute atomic E-state index is 13.6. The average molecular weight is 312 g/mol. The van der Waals surface area contributed by atoms with E-state index >= 15 is 0 Å². The summed E-state index contributed by atoms with van der Waals surface area (Å²) >= 11 is 7.83. The number of thiophene rings is 1. The Morgan fingerprint density at radius 1 is 1.25 bits per heavy atom. The van der Waals surface area contributed by atoms with Gasteiger partial charge in [0.15, 0.2) is 0 Å². The quantitative estimate of drug-likeness (QED) is 0.792. The molecule has 20 heavy (non-hydrogen) atoms. The molecule has 0 saturated heterocycles. The van der Waals surface area contributed by atoms with E-state index < -0.39 is 0 Å². The van der Waals surface area contributed by atoms with Gasteiger partial charge in [0, 0.05) is 10.9 Å². The van der Waals surface area contributed by atoms with Crippen molar-refractivity contribution in [3.63, 3.8) is 0 Å². The first kappa shape index (κ1) is 15.5. The van der Waals surface area contributed by atoms with Crippen molar-refractivity contribution in [1.82, 2.24) is 5.32 Å². The van der Waals surface area contributed by atoms with Gasteiger partial charge in [0.25, 0.3) is 0 Å². The molecule has 0 aliphatic heterocycles. The third-order valence-electron chi connectivity index (χ3n) is 3.38. The largest absolute Gasteiger partial charge is 0.309 e. The van der Waals surface area contributed by atoms with Crippen molar-refractivity contribution in [3.8, 4) is 0 Å². The fourth-order valence-corrected chi connectivity index (χ4v) is 3.65. The second kappa shape index (κ2) is 7.21. The smallest absolute Gasteiger partial charge is 0.142 e. The number of halogens is 2. The Hall–Kier alpha value is -0.900. The van der Waals surface area contributed by atoms with Crippen LogP contribution in [-0.2, 0) is 12.8 Å². The zero-order chi connectivity index (χ0) is 14.5. The van der Waals surface area contributed by atoms with E-state index in [9.17, 15) is 4.39 Å². The Bertz CT molecular complexity index is 567. The highest BCUT2D eigenvalue weighted by Crippen LogP contribution is 2.30. The van der Waals surface area contributed by atoms with Crippen LogP contribution in [0.5, 0.6) is 0 Å². The van der Waals surface area contributed by atoms with Gasteiger partial charge in [0.1, 0.15) is 5.82 Å². The van der Waals surface area contributed by atoms with E-state index in [1.54, 1.807) is 17.4 Å². The predicted octanol–water partition coefficient (Wildman–Crippen LogP) is 5.00. The number of aryl methyl sites for hydroxylation is 1. The fourth-order valence-electron chi connectivity index (χ4n) is 2.38. The number of hydrogen-bond acceptors (Lipinski definition) is 2. The fraction of sp³-hybridized carbons (Fsp3) is 0.375. The third kappa shape index (κ3) is 3.40. The van der Waals surface area contributed by atoms with Crippen molar-refractivity contribution >= 4 is 22.9 Å². The van der Waals surface area contributed by atoms with Gasteiger partial charge in [0.2, 0.25) is 0 Å². The van der Waals surface area contributed by atoms with Crippen molar-refractivity contribution in [2.75, 3.05) is 6.54 Å². The van der Waals surface area contributed by atoms with E-state index in [1.807, 2.05) is 6.07 Å². The van der Waals surface area contributed by atoms with Crippen LogP contribution in [0.3, 0.4) is 0 Å². The van der Waals surface area contributed by atoms with E-state index in [2.05, 4.69) is 30.6 Å². The topological polar surface area (TPSA) is 12.0 Å². The first-order valence-electron chi connectivity index (χ1n) is 6.89. The van der Waals surface area contributed by atoms with Gasteiger partial charge in [-0.2, -0.15) is 0 Å². The SMILES string of the molecule is CCNC(Cc1cccc(F)c1Cl)c1sccc1CC. The van der Waals surface area contributed by atoms with Crippen LogP contribution >= 0.6 is 22.9 Å². The number of likely N-dealkylation sites (N-methyl/N-ethyl adjacent to an activating group) is 1. The molecule has 4 heteroatoms. The highest BCUT2D eigenvalue weighted by atomic mass is 35.5. The predicted molar refractivity (Wildman–Crippen MR) is 85.2 cm³/mol. The van der Waals surface area contributed by atoms with Crippen LogP contribution in [0.15, 0.2) is 29.6 Å². The molecule has 0 bridgehead atoms. The molecule has 0 aliphatic carbocycles. The summed E-state index contributed by atoms with van der Waals surface area (Å²) in [5.41, 5.74) is 2.21. The first-order chi connectivity index (χ1) is 9.67. The summed E-state index contributed by atoms with van der Waals surface area (Å²) in [5.74, 6) is -0.346. The Morgan fingerprint density at radius 3 is 2.75 bits per heavy atom. The van der Waals surface area contributed by atoms with Crippen molar-refractivity contribution in [1.29, 1.82) is 0 Å². The second-order valence-corrected chi connectivity index (χ2v) is 6.02. The molecule has 1 atom stereocenters. The lowest BCUT2D eigenvalue weighted by Crippen LogP contribution is -2.23. The highest BCUT2D eigenvalue weighted by Gasteiger charge is 2.18. The first-order valence-corrected chi connectivity index (χ1v) is 8.15. The molecule has 0 radical (unpaired) electrons. The molecule has 1 nitrogen and oxygen atoms in total. The van der Waals surface area contributed by atoms with Crippen LogP contribution < -0.4 is 5.32 Å². The van der Waals surface area contributed by atoms with Gasteiger partial charge >= 0.3 is 0 Å². The number of benzene rings is 1. The number of hydrogen-bond donors (Lipinski definition) is 1. The van der Waals surface area contributed by atoms with E-state index in [0.717, 1.165) is 18.5 Å². The molecule has 0 amide bonds. The zero-order valence-electron chi connectivity index (χ0n) is 11.7. The lowest BCUT2D eigenvalue weighted by Gasteiger charge is -2.19. The van der Waals surface area contributed by atoms with Crippen molar-refractivity contribution in [2.45, 2.75) is 32.7 Å². The van der Waals surface area contributed by atoms with E-state index in [1.165, 1.54) is 16.5 Å². The maximum atomic E-state index is 13.6. The van der Waals surface area contributed by atoms with Crippen LogP contribution in [0, 0.1) is 5.82 Å². The summed E-state index contributed by atoms with van der Waals surface area (Å²) in [6, 6.07) is 7.37. The van der Waals surface area contributed by atoms with Gasteiger partial charge in [-0.1, -0.05) is 37.6 Å². The maximum Gasteiger partial charge on any atom is 0.142 e. The lowest BCUT2D eigenvalue weighted by atomic mass is 10.0. The van der Waals surface area contributed by atoms with E-state index in [4.69, 9.17) is 11.6 Å². The van der Waals surface area contributed by atoms with Gasteiger partial charge in [0.05, 0.1) is 5.02 Å². The molecule has 108 valence electrons. The average Bonchev–Trinajstić information content (AvgIpc) is 2.91. The molecule has 1 unspecified atom stereocenters. The summed E-state index contributed by atoms with van der Waals surface area (Å²) in [6.07, 6.45) is 1.72. The monoisotopic (exact) mass is 311 g/mol. The van der Waals surface area contributed by atoms with Crippen LogP contribution in [0.25, 0.3) is 0 Å². The van der Waals surface area contributed by atoms with Crippen LogP contribution in [0.1, 0.15) is 35.9 Å². The summed E-state index contributed by atoms with van der Waals surface area (Å²) in [6.45, 7) is 5.11. The second-order valence-electron chi connectivity index (χ2n) is 4.69. The molecule has 0 fully saturated rings. The van der Waals surface area contributed by atoms with Crippen molar-refractivity contribution in [2.24, 2.45) is 0 Å². The van der Waals surface area contributed by atoms with Gasteiger partial charge in [-0.15, -0.1) is 11.3 Å². The molecular weight excluding hydrogens is 293 g/mol. The van der Waals surface area contributed by atoms with Crippen LogP contribution in [0.4, 0.5) is 4.39 Å². The molecule has 2 aromatic rings. The van der Waals surface area contributed by atoms with Gasteiger partial charge in [-0.3, -0.25) is 0 Å². The van der Waals surface area contributed by atoms with Crippen molar-refractivity contribution < 1.29 is 4.39 Å². The Balaban J connectivity index is 2.28. The summed E-state index contributed by atoms with van der Waals surface area (Å²) < 4.78 is 13.6. The third-order valence-corrected chi connectivity index (χ3v) is 4.88. The minimum atomic E-state index is -0.346. The molecule has 0 saturated carbocycles. The minimum Gasteiger partial charge on any atom is -0.309 e. The molecule has 1 N–H and O–H groups in total. The molecular formula is C16H19ClFNS. The van der Waals surface area contributed by atoms with Crippen molar-refractivity contribution in [3.05, 3.63) is 56.5 Å². The van der Waals surface area contributed by atoms with Crippen LogP contribution in [0.2, 0.25) is 5.02 Å². The number of nitrogens with one attached hydrogen (secondary N) is 1. The van der Waals surface area contributed by atoms with Gasteiger partial charge < -0.3 is 5.32 Å². The minimum absolute atomic E-state index is 0.189.